The third-order valence-corrected chi connectivity index (χ3v) is 6.17. The highest BCUT2D eigenvalue weighted by Crippen LogP contribution is 2.34. The Labute approximate surface area is 216 Å². The first kappa shape index (κ1) is 27.9. The highest BCUT2D eigenvalue weighted by molar-refractivity contribution is 7.92. The fraction of sp³-hybridized carbons (Fsp3) is 0.120. The van der Waals surface area contributed by atoms with Gasteiger partial charge in [-0.05, 0) is 29.8 Å². The number of rotatable bonds is 9. The highest BCUT2D eigenvalue weighted by atomic mass is 35.5. The molecule has 0 spiro atoms. The number of sulfonamides is 1. The summed E-state index contributed by atoms with van der Waals surface area (Å²) >= 11 is 5.95. The maximum absolute atomic E-state index is 13.1. The van der Waals surface area contributed by atoms with E-state index in [-0.39, 0.29) is 16.3 Å². The van der Waals surface area contributed by atoms with Crippen LogP contribution in [-0.4, -0.2) is 26.8 Å². The van der Waals surface area contributed by atoms with E-state index >= 15 is 0 Å². The van der Waals surface area contributed by atoms with Crippen LogP contribution >= 0.6 is 11.6 Å². The third kappa shape index (κ3) is 8.45. The summed E-state index contributed by atoms with van der Waals surface area (Å²) in [7, 11) is -4.02. The quantitative estimate of drug-likeness (QED) is 0.357. The molecule has 2 N–H and O–H groups in total. The molecule has 0 saturated heterocycles. The first-order chi connectivity index (χ1) is 17.4. The molecule has 0 unspecified atom stereocenters. The van der Waals surface area contributed by atoms with Crippen LogP contribution in [0.5, 0.6) is 0 Å². The van der Waals surface area contributed by atoms with Gasteiger partial charge in [0.2, 0.25) is 16.1 Å². The van der Waals surface area contributed by atoms with Crippen LogP contribution in [0.15, 0.2) is 84.3 Å². The van der Waals surface area contributed by atoms with Crippen molar-refractivity contribution in [3.8, 4) is 0 Å². The summed E-state index contributed by atoms with van der Waals surface area (Å²) in [4.78, 5) is 25.4. The van der Waals surface area contributed by atoms with Crippen LogP contribution < -0.4 is 10.0 Å². The van der Waals surface area contributed by atoms with Crippen LogP contribution in [0.3, 0.4) is 0 Å². The second-order valence-corrected chi connectivity index (χ2v) is 9.60. The molecule has 194 valence electrons. The molecule has 7 nitrogen and oxygen atoms in total. The first-order valence-corrected chi connectivity index (χ1v) is 12.5. The first-order valence-electron chi connectivity index (χ1n) is 10.6. The molecule has 0 radical (unpaired) electrons. The molecule has 3 rings (SSSR count). The van der Waals surface area contributed by atoms with Gasteiger partial charge in [0.15, 0.2) is 0 Å². The molecule has 0 aliphatic carbocycles. The van der Waals surface area contributed by atoms with Gasteiger partial charge in [-0.2, -0.15) is 13.2 Å². The number of carbonyl (C=O) groups excluding carboxylic acids is 2. The van der Waals surface area contributed by atoms with Crippen LogP contribution in [0.1, 0.15) is 22.8 Å². The normalized spacial score (nSPS) is 12.8. The number of anilines is 1. The van der Waals surface area contributed by atoms with Gasteiger partial charge >= 0.3 is 12.1 Å². The zero-order valence-corrected chi connectivity index (χ0v) is 20.5. The summed E-state index contributed by atoms with van der Waals surface area (Å²) < 4.78 is 70.9. The van der Waals surface area contributed by atoms with E-state index in [1.165, 1.54) is 18.2 Å². The van der Waals surface area contributed by atoms with Gasteiger partial charge < -0.3 is 10.1 Å². The van der Waals surface area contributed by atoms with Crippen molar-refractivity contribution in [2.45, 2.75) is 12.3 Å². The number of benzene rings is 3. The molecule has 0 bridgehead atoms. The summed E-state index contributed by atoms with van der Waals surface area (Å²) in [6.45, 7) is -0.803. The predicted octanol–water partition coefficient (Wildman–Crippen LogP) is 5.17. The summed E-state index contributed by atoms with van der Waals surface area (Å²) in [6.07, 6.45) is -4.96. The van der Waals surface area contributed by atoms with Crippen LogP contribution in [0.25, 0.3) is 6.08 Å². The van der Waals surface area contributed by atoms with E-state index in [2.05, 4.69) is 5.32 Å². The van der Waals surface area contributed by atoms with Gasteiger partial charge in [-0.25, -0.2) is 13.1 Å². The summed E-state index contributed by atoms with van der Waals surface area (Å²) in [5, 5.41) is 2.94. The second kappa shape index (κ2) is 12.0. The van der Waals surface area contributed by atoms with Gasteiger partial charge in [-0.3, -0.25) is 9.59 Å². The van der Waals surface area contributed by atoms with Crippen molar-refractivity contribution >= 4 is 45.3 Å². The van der Waals surface area contributed by atoms with E-state index in [1.807, 2.05) is 4.72 Å². The number of amides is 1. The zero-order valence-electron chi connectivity index (χ0n) is 18.9. The van der Waals surface area contributed by atoms with Gasteiger partial charge in [0.25, 0.3) is 5.91 Å². The number of hydrogen-bond donors (Lipinski definition) is 2. The molecule has 37 heavy (non-hydrogen) atoms. The maximum Gasteiger partial charge on any atom is 0.416 e. The SMILES string of the molecule is O=C(CNS(=O)(=O)/C=C/c1ccccc1)O[C@@H](C(=O)Nc1cc(C(F)(F)F)ccc1Cl)c1ccccc1. The van der Waals surface area contributed by atoms with Crippen molar-refractivity contribution in [3.63, 3.8) is 0 Å². The number of ether oxygens (including phenoxy) is 1. The monoisotopic (exact) mass is 552 g/mol. The lowest BCUT2D eigenvalue weighted by Gasteiger charge is -2.19. The van der Waals surface area contributed by atoms with Crippen LogP contribution in [0, 0.1) is 0 Å². The molecule has 0 aliphatic heterocycles. The fourth-order valence-corrected chi connectivity index (χ4v) is 3.93. The summed E-state index contributed by atoms with van der Waals surface area (Å²) in [6, 6.07) is 18.6. The van der Waals surface area contributed by atoms with Crippen molar-refractivity contribution in [1.82, 2.24) is 4.72 Å². The maximum atomic E-state index is 13.1. The number of esters is 1. The zero-order chi connectivity index (χ0) is 27.1. The fourth-order valence-electron chi connectivity index (χ4n) is 3.01. The van der Waals surface area contributed by atoms with Gasteiger partial charge in [-0.1, -0.05) is 72.3 Å². The Morgan fingerprint density at radius 3 is 2.22 bits per heavy atom. The van der Waals surface area contributed by atoms with Crippen LogP contribution in [0.2, 0.25) is 5.02 Å². The minimum Gasteiger partial charge on any atom is -0.446 e. The Morgan fingerprint density at radius 1 is 0.973 bits per heavy atom. The Balaban J connectivity index is 1.73. The van der Waals surface area contributed by atoms with Crippen molar-refractivity contribution in [2.24, 2.45) is 0 Å². The Hall–Kier alpha value is -3.67. The van der Waals surface area contributed by atoms with Gasteiger partial charge in [0, 0.05) is 11.0 Å². The molecule has 0 saturated carbocycles. The standard InChI is InChI=1S/C25H20ClF3N2O5S/c26-20-12-11-19(25(27,28)29)15-21(20)31-24(33)23(18-9-5-2-6-10-18)36-22(32)16-30-37(34,35)14-13-17-7-3-1-4-8-17/h1-15,23,30H,16H2,(H,31,33)/b14-13+/t23-/m1/s1. The Kier molecular flexibility index (Phi) is 9.09. The Morgan fingerprint density at radius 2 is 1.59 bits per heavy atom. The van der Waals surface area contributed by atoms with E-state index in [0.29, 0.717) is 11.6 Å². The smallest absolute Gasteiger partial charge is 0.416 e. The molecular formula is C25H20ClF3N2O5S. The molecule has 0 aliphatic rings. The van der Waals surface area contributed by atoms with E-state index in [0.717, 1.165) is 17.5 Å². The summed E-state index contributed by atoms with van der Waals surface area (Å²) in [5.41, 5.74) is -0.573. The molecular weight excluding hydrogens is 533 g/mol. The third-order valence-electron chi connectivity index (χ3n) is 4.80. The van der Waals surface area contributed by atoms with E-state index < -0.39 is 46.3 Å². The molecule has 0 fully saturated rings. The molecule has 12 heteroatoms. The molecule has 3 aromatic carbocycles. The summed E-state index contributed by atoms with van der Waals surface area (Å²) in [5.74, 6) is -2.09. The van der Waals surface area contributed by atoms with Crippen LogP contribution in [0.4, 0.5) is 18.9 Å². The number of alkyl halides is 3. The second-order valence-electron chi connectivity index (χ2n) is 7.54. The van der Waals surface area contributed by atoms with Crippen molar-refractivity contribution in [1.29, 1.82) is 0 Å². The number of hydrogen-bond acceptors (Lipinski definition) is 5. The average molecular weight is 553 g/mol. The van der Waals surface area contributed by atoms with E-state index in [1.54, 1.807) is 48.5 Å². The molecule has 0 heterocycles. The van der Waals surface area contributed by atoms with E-state index in [4.69, 9.17) is 16.3 Å². The molecule has 1 amide bonds. The number of halogens is 4. The molecule has 0 aromatic heterocycles. The minimum atomic E-state index is -4.68. The average Bonchev–Trinajstić information content (AvgIpc) is 2.86. The number of carbonyl (C=O) groups is 2. The van der Waals surface area contributed by atoms with Crippen LogP contribution in [-0.2, 0) is 30.5 Å². The van der Waals surface area contributed by atoms with Gasteiger partial charge in [-0.15, -0.1) is 0 Å². The predicted molar refractivity (Wildman–Crippen MR) is 133 cm³/mol. The van der Waals surface area contributed by atoms with Gasteiger partial charge in [0.1, 0.15) is 6.54 Å². The number of nitrogens with one attached hydrogen (secondary N) is 2. The minimum absolute atomic E-state index is 0.169. The molecule has 1 atom stereocenters. The lowest BCUT2D eigenvalue weighted by atomic mass is 10.1. The Bertz CT molecular complexity index is 1380. The lowest BCUT2D eigenvalue weighted by molar-refractivity contribution is -0.153. The lowest BCUT2D eigenvalue weighted by Crippen LogP contribution is -2.33. The van der Waals surface area contributed by atoms with Crippen molar-refractivity contribution in [2.75, 3.05) is 11.9 Å². The largest absolute Gasteiger partial charge is 0.446 e. The van der Waals surface area contributed by atoms with Crippen molar-refractivity contribution in [3.05, 3.63) is 106 Å². The topological polar surface area (TPSA) is 102 Å². The van der Waals surface area contributed by atoms with E-state index in [9.17, 15) is 31.2 Å². The molecule has 3 aromatic rings. The van der Waals surface area contributed by atoms with Gasteiger partial charge in [0.05, 0.1) is 16.3 Å². The highest BCUT2D eigenvalue weighted by Gasteiger charge is 2.32. The van der Waals surface area contributed by atoms with Crippen molar-refractivity contribution < 1.29 is 35.9 Å².